The Morgan fingerprint density at radius 1 is 1.08 bits per heavy atom. The normalized spacial score (nSPS) is 15.2. The van der Waals surface area contributed by atoms with Crippen LogP contribution < -0.4 is 4.74 Å². The number of carbonyl (C=O) groups excluding carboxylic acids is 2. The second-order valence-corrected chi connectivity index (χ2v) is 7.64. The molecule has 0 spiro atoms. The highest BCUT2D eigenvalue weighted by atomic mass is 19.1. The Bertz CT molecular complexity index is 632. The lowest BCUT2D eigenvalue weighted by Crippen LogP contribution is -2.51. The van der Waals surface area contributed by atoms with Gasteiger partial charge in [0.05, 0.1) is 13.5 Å². The van der Waals surface area contributed by atoms with Crippen molar-refractivity contribution >= 4 is 11.8 Å². The molecule has 138 valence electrons. The Hall–Kier alpha value is -2.11. The minimum Gasteiger partial charge on any atom is -0.494 e. The highest BCUT2D eigenvalue weighted by Gasteiger charge is 2.26. The summed E-state index contributed by atoms with van der Waals surface area (Å²) in [6.45, 7) is 8.27. The van der Waals surface area contributed by atoms with E-state index in [4.69, 9.17) is 4.74 Å². The summed E-state index contributed by atoms with van der Waals surface area (Å²) in [6, 6.07) is 4.56. The number of nitrogens with zero attached hydrogens (tertiary/aromatic N) is 2. The van der Waals surface area contributed by atoms with Gasteiger partial charge in [0.1, 0.15) is 0 Å². The van der Waals surface area contributed by atoms with Crippen molar-refractivity contribution in [3.8, 4) is 5.75 Å². The van der Waals surface area contributed by atoms with Gasteiger partial charge in [0, 0.05) is 32.6 Å². The fraction of sp³-hybridized carbons (Fsp3) is 0.579. The quantitative estimate of drug-likeness (QED) is 0.838. The molecular weight excluding hydrogens is 323 g/mol. The van der Waals surface area contributed by atoms with Gasteiger partial charge >= 0.3 is 0 Å². The van der Waals surface area contributed by atoms with Crippen molar-refractivity contribution in [3.63, 3.8) is 0 Å². The number of halogens is 1. The third-order valence-corrected chi connectivity index (χ3v) is 4.24. The fourth-order valence-corrected chi connectivity index (χ4v) is 2.88. The predicted octanol–water partition coefficient (Wildman–Crippen LogP) is 2.48. The first-order valence-electron chi connectivity index (χ1n) is 8.57. The first-order valence-corrected chi connectivity index (χ1v) is 8.57. The van der Waals surface area contributed by atoms with Gasteiger partial charge in [-0.1, -0.05) is 26.8 Å². The van der Waals surface area contributed by atoms with E-state index >= 15 is 0 Å². The first-order chi connectivity index (χ1) is 11.7. The average molecular weight is 350 g/mol. The van der Waals surface area contributed by atoms with E-state index in [1.54, 1.807) is 11.0 Å². The molecular formula is C19H27FN2O3. The van der Waals surface area contributed by atoms with Crippen molar-refractivity contribution in [2.45, 2.75) is 33.6 Å². The molecule has 1 heterocycles. The van der Waals surface area contributed by atoms with Crippen LogP contribution in [0.3, 0.4) is 0 Å². The van der Waals surface area contributed by atoms with E-state index in [0.717, 1.165) is 0 Å². The molecule has 0 aromatic heterocycles. The minimum atomic E-state index is -0.467. The van der Waals surface area contributed by atoms with Crippen LogP contribution in [-0.4, -0.2) is 54.9 Å². The standard InChI is InChI=1S/C19H27FN2O3/c1-19(2,3)13-18(24)22-9-7-21(8-10-22)17(23)12-14-5-6-16(25-4)15(20)11-14/h5-6,11H,7-10,12-13H2,1-4H3. The molecule has 1 aliphatic heterocycles. The van der Waals surface area contributed by atoms with Crippen LogP contribution in [0.25, 0.3) is 0 Å². The summed E-state index contributed by atoms with van der Waals surface area (Å²) in [5, 5.41) is 0. The van der Waals surface area contributed by atoms with E-state index < -0.39 is 5.82 Å². The van der Waals surface area contributed by atoms with Gasteiger partial charge in [-0.15, -0.1) is 0 Å². The largest absolute Gasteiger partial charge is 0.494 e. The Labute approximate surface area is 148 Å². The van der Waals surface area contributed by atoms with E-state index in [1.807, 2.05) is 25.7 Å². The molecule has 1 fully saturated rings. The molecule has 0 aliphatic carbocycles. The van der Waals surface area contributed by atoms with Crippen molar-refractivity contribution in [1.29, 1.82) is 0 Å². The zero-order valence-electron chi connectivity index (χ0n) is 15.5. The molecule has 25 heavy (non-hydrogen) atoms. The van der Waals surface area contributed by atoms with Gasteiger partial charge in [-0.05, 0) is 23.1 Å². The maximum Gasteiger partial charge on any atom is 0.227 e. The van der Waals surface area contributed by atoms with Crippen LogP contribution in [0.5, 0.6) is 5.75 Å². The van der Waals surface area contributed by atoms with Crippen LogP contribution in [0.1, 0.15) is 32.8 Å². The van der Waals surface area contributed by atoms with Gasteiger partial charge in [-0.25, -0.2) is 4.39 Å². The third kappa shape index (κ3) is 5.44. The molecule has 0 radical (unpaired) electrons. The number of hydrogen-bond donors (Lipinski definition) is 0. The van der Waals surface area contributed by atoms with E-state index in [-0.39, 0.29) is 29.4 Å². The lowest BCUT2D eigenvalue weighted by atomic mass is 9.91. The van der Waals surface area contributed by atoms with E-state index in [9.17, 15) is 14.0 Å². The van der Waals surface area contributed by atoms with E-state index in [0.29, 0.717) is 38.2 Å². The minimum absolute atomic E-state index is 0.0392. The van der Waals surface area contributed by atoms with Gasteiger partial charge in [0.15, 0.2) is 11.6 Å². The highest BCUT2D eigenvalue weighted by molar-refractivity contribution is 5.80. The molecule has 6 heteroatoms. The molecule has 0 unspecified atom stereocenters. The number of hydrogen-bond acceptors (Lipinski definition) is 3. The number of ether oxygens (including phenoxy) is 1. The van der Waals surface area contributed by atoms with Crippen LogP contribution >= 0.6 is 0 Å². The number of methoxy groups -OCH3 is 1. The highest BCUT2D eigenvalue weighted by Crippen LogP contribution is 2.21. The van der Waals surface area contributed by atoms with Crippen molar-refractivity contribution in [2.24, 2.45) is 5.41 Å². The van der Waals surface area contributed by atoms with Gasteiger partial charge in [0.2, 0.25) is 11.8 Å². The van der Waals surface area contributed by atoms with E-state index in [2.05, 4.69) is 0 Å². The van der Waals surface area contributed by atoms with Crippen molar-refractivity contribution in [1.82, 2.24) is 9.80 Å². The number of carbonyl (C=O) groups is 2. The number of amides is 2. The lowest BCUT2D eigenvalue weighted by Gasteiger charge is -2.36. The number of benzene rings is 1. The molecule has 1 saturated heterocycles. The lowest BCUT2D eigenvalue weighted by molar-refractivity contribution is -0.140. The predicted molar refractivity (Wildman–Crippen MR) is 93.9 cm³/mol. The third-order valence-electron chi connectivity index (χ3n) is 4.24. The molecule has 0 bridgehead atoms. The molecule has 2 rings (SSSR count). The molecule has 5 nitrogen and oxygen atoms in total. The maximum absolute atomic E-state index is 13.7. The molecule has 1 aliphatic rings. The summed E-state index contributed by atoms with van der Waals surface area (Å²) in [4.78, 5) is 28.2. The molecule has 0 saturated carbocycles. The first kappa shape index (κ1) is 19.2. The van der Waals surface area contributed by atoms with Crippen LogP contribution in [0.2, 0.25) is 0 Å². The zero-order valence-corrected chi connectivity index (χ0v) is 15.5. The van der Waals surface area contributed by atoms with Crippen LogP contribution in [-0.2, 0) is 16.0 Å². The average Bonchev–Trinajstić information content (AvgIpc) is 2.53. The molecule has 1 aromatic rings. The van der Waals surface area contributed by atoms with Crippen LogP contribution in [0.4, 0.5) is 4.39 Å². The fourth-order valence-electron chi connectivity index (χ4n) is 2.88. The Morgan fingerprint density at radius 2 is 1.64 bits per heavy atom. The second-order valence-electron chi connectivity index (χ2n) is 7.64. The number of rotatable bonds is 4. The van der Waals surface area contributed by atoms with Gasteiger partial charge < -0.3 is 14.5 Å². The smallest absolute Gasteiger partial charge is 0.227 e. The van der Waals surface area contributed by atoms with Crippen molar-refractivity contribution in [3.05, 3.63) is 29.6 Å². The van der Waals surface area contributed by atoms with Crippen LogP contribution in [0.15, 0.2) is 18.2 Å². The Balaban J connectivity index is 1.87. The molecule has 2 amide bonds. The SMILES string of the molecule is COc1ccc(CC(=O)N2CCN(C(=O)CC(C)(C)C)CC2)cc1F. The summed E-state index contributed by atoms with van der Waals surface area (Å²) < 4.78 is 18.6. The summed E-state index contributed by atoms with van der Waals surface area (Å²) in [7, 11) is 1.41. The summed E-state index contributed by atoms with van der Waals surface area (Å²) >= 11 is 0. The topological polar surface area (TPSA) is 49.9 Å². The maximum atomic E-state index is 13.7. The Kier molecular flexibility index (Phi) is 6.03. The molecule has 1 aromatic carbocycles. The zero-order chi connectivity index (χ0) is 18.6. The van der Waals surface area contributed by atoms with E-state index in [1.165, 1.54) is 19.2 Å². The van der Waals surface area contributed by atoms with Gasteiger partial charge in [0.25, 0.3) is 0 Å². The monoisotopic (exact) mass is 350 g/mol. The second kappa shape index (κ2) is 7.85. The summed E-state index contributed by atoms with van der Waals surface area (Å²) in [5.41, 5.74) is 0.581. The van der Waals surface area contributed by atoms with Crippen LogP contribution in [0, 0.1) is 11.2 Å². The number of piperazine rings is 1. The summed E-state index contributed by atoms with van der Waals surface area (Å²) in [6.07, 6.45) is 0.656. The molecule has 0 atom stereocenters. The van der Waals surface area contributed by atoms with Crippen molar-refractivity contribution < 1.29 is 18.7 Å². The molecule has 0 N–H and O–H groups in total. The van der Waals surface area contributed by atoms with Crippen molar-refractivity contribution in [2.75, 3.05) is 33.3 Å². The summed E-state index contributed by atoms with van der Waals surface area (Å²) in [5.74, 6) is -0.211. The van der Waals surface area contributed by atoms with Gasteiger partial charge in [-0.2, -0.15) is 0 Å². The Morgan fingerprint density at radius 3 is 2.12 bits per heavy atom. The van der Waals surface area contributed by atoms with Gasteiger partial charge in [-0.3, -0.25) is 9.59 Å².